The van der Waals surface area contributed by atoms with Crippen LogP contribution < -0.4 is 26.8 Å². The Morgan fingerprint density at radius 3 is 2.61 bits per heavy atom. The molecule has 1 aliphatic heterocycles. The van der Waals surface area contributed by atoms with Crippen LogP contribution in [0.15, 0.2) is 24.7 Å². The van der Waals surface area contributed by atoms with Crippen LogP contribution in [0.2, 0.25) is 0 Å². The molecule has 0 aliphatic carbocycles. The summed E-state index contributed by atoms with van der Waals surface area (Å²) in [6, 6.07) is 1.77. The van der Waals surface area contributed by atoms with Gasteiger partial charge in [-0.3, -0.25) is 0 Å². The van der Waals surface area contributed by atoms with Gasteiger partial charge < -0.3 is 26.8 Å². The van der Waals surface area contributed by atoms with Crippen LogP contribution in [0, 0.1) is 5.92 Å². The minimum absolute atomic E-state index is 0.367. The summed E-state index contributed by atoms with van der Waals surface area (Å²) in [6.07, 6.45) is 6.84. The number of hydrogen-bond acceptors (Lipinski definition) is 8. The van der Waals surface area contributed by atoms with Gasteiger partial charge in [-0.15, -0.1) is 0 Å². The number of anilines is 4. The highest BCUT2D eigenvalue weighted by atomic mass is 16.5. The third-order valence-corrected chi connectivity index (χ3v) is 3.76. The van der Waals surface area contributed by atoms with Gasteiger partial charge >= 0.3 is 0 Å². The largest absolute Gasteiger partial charge is 0.491 e. The number of aromatic nitrogens is 3. The molecular formula is C15H21N7O. The zero-order valence-electron chi connectivity index (χ0n) is 12.8. The van der Waals surface area contributed by atoms with Gasteiger partial charge in [0.05, 0.1) is 30.9 Å². The molecule has 8 nitrogen and oxygen atoms in total. The zero-order chi connectivity index (χ0) is 16.1. The number of rotatable bonds is 5. The number of hydrogen-bond donors (Lipinski definition) is 4. The van der Waals surface area contributed by atoms with Crippen LogP contribution in [-0.4, -0.2) is 34.6 Å². The van der Waals surface area contributed by atoms with E-state index in [-0.39, 0.29) is 0 Å². The van der Waals surface area contributed by atoms with Crippen molar-refractivity contribution in [2.24, 2.45) is 5.92 Å². The van der Waals surface area contributed by atoms with E-state index in [0.29, 0.717) is 41.4 Å². The molecule has 0 bridgehead atoms. The Morgan fingerprint density at radius 1 is 1.09 bits per heavy atom. The summed E-state index contributed by atoms with van der Waals surface area (Å²) in [4.78, 5) is 12.3. The van der Waals surface area contributed by atoms with Gasteiger partial charge in [-0.1, -0.05) is 0 Å². The monoisotopic (exact) mass is 315 g/mol. The van der Waals surface area contributed by atoms with E-state index in [9.17, 15) is 0 Å². The third-order valence-electron chi connectivity index (χ3n) is 3.76. The van der Waals surface area contributed by atoms with E-state index in [1.54, 1.807) is 18.5 Å². The van der Waals surface area contributed by atoms with E-state index >= 15 is 0 Å². The fourth-order valence-corrected chi connectivity index (χ4v) is 2.43. The lowest BCUT2D eigenvalue weighted by Crippen LogP contribution is -2.30. The molecule has 2 aromatic heterocycles. The molecular weight excluding hydrogens is 294 g/mol. The molecule has 1 aliphatic rings. The second-order valence-corrected chi connectivity index (χ2v) is 5.56. The summed E-state index contributed by atoms with van der Waals surface area (Å²) >= 11 is 0. The lowest BCUT2D eigenvalue weighted by atomic mass is 9.99. The number of ether oxygens (including phenoxy) is 1. The van der Waals surface area contributed by atoms with Gasteiger partial charge in [0.1, 0.15) is 23.2 Å². The average molecular weight is 315 g/mol. The van der Waals surface area contributed by atoms with Crippen LogP contribution in [0.3, 0.4) is 0 Å². The van der Waals surface area contributed by atoms with Crippen LogP contribution >= 0.6 is 0 Å². The SMILES string of the molecule is Nc1cnc(Nc2cc(OCC3CCNCC3)c(N)cn2)cn1. The van der Waals surface area contributed by atoms with E-state index < -0.39 is 0 Å². The Kier molecular flexibility index (Phi) is 4.72. The van der Waals surface area contributed by atoms with Crippen LogP contribution in [0.25, 0.3) is 0 Å². The van der Waals surface area contributed by atoms with Crippen molar-refractivity contribution in [3.63, 3.8) is 0 Å². The van der Waals surface area contributed by atoms with Gasteiger partial charge in [0.2, 0.25) is 0 Å². The highest BCUT2D eigenvalue weighted by Gasteiger charge is 2.14. The van der Waals surface area contributed by atoms with E-state index in [1.165, 1.54) is 6.20 Å². The predicted octanol–water partition coefficient (Wildman–Crippen LogP) is 1.16. The Balaban J connectivity index is 1.64. The lowest BCUT2D eigenvalue weighted by Gasteiger charge is -2.23. The Hall–Kier alpha value is -2.61. The fourth-order valence-electron chi connectivity index (χ4n) is 2.43. The average Bonchev–Trinajstić information content (AvgIpc) is 2.58. The highest BCUT2D eigenvalue weighted by molar-refractivity contribution is 5.60. The first-order valence-electron chi connectivity index (χ1n) is 7.64. The predicted molar refractivity (Wildman–Crippen MR) is 89.5 cm³/mol. The molecule has 2 aromatic rings. The standard InChI is InChI=1S/C15H21N7O/c16-11-6-20-14(22-15-8-19-13(17)7-21-15)5-12(11)23-9-10-1-3-18-4-2-10/h5-8,10,18H,1-4,9,16H2,(H2,17,19)(H,20,21,22). The van der Waals surface area contributed by atoms with Crippen LogP contribution in [-0.2, 0) is 0 Å². The summed E-state index contributed by atoms with van der Waals surface area (Å²) in [7, 11) is 0. The number of piperidine rings is 1. The van der Waals surface area contributed by atoms with Crippen molar-refractivity contribution < 1.29 is 4.74 Å². The lowest BCUT2D eigenvalue weighted by molar-refractivity contribution is 0.216. The summed E-state index contributed by atoms with van der Waals surface area (Å²) < 4.78 is 5.88. The molecule has 122 valence electrons. The van der Waals surface area contributed by atoms with Gasteiger partial charge in [-0.25, -0.2) is 15.0 Å². The molecule has 0 amide bonds. The Bertz CT molecular complexity index is 641. The molecule has 0 spiro atoms. The molecule has 0 saturated carbocycles. The van der Waals surface area contributed by atoms with Crippen LogP contribution in [0.5, 0.6) is 5.75 Å². The van der Waals surface area contributed by atoms with Crippen LogP contribution in [0.4, 0.5) is 23.1 Å². The first-order valence-corrected chi connectivity index (χ1v) is 7.64. The summed E-state index contributed by atoms with van der Waals surface area (Å²) in [5.74, 6) is 2.71. The van der Waals surface area contributed by atoms with Crippen molar-refractivity contribution in [1.29, 1.82) is 0 Å². The number of nitrogen functional groups attached to an aromatic ring is 2. The maximum atomic E-state index is 5.95. The van der Waals surface area contributed by atoms with Crippen molar-refractivity contribution in [3.8, 4) is 5.75 Å². The smallest absolute Gasteiger partial charge is 0.150 e. The van der Waals surface area contributed by atoms with E-state index in [1.807, 2.05) is 0 Å². The highest BCUT2D eigenvalue weighted by Crippen LogP contribution is 2.26. The molecule has 3 rings (SSSR count). The minimum atomic E-state index is 0.367. The number of pyridine rings is 1. The van der Waals surface area contributed by atoms with Gasteiger partial charge in [0, 0.05) is 6.07 Å². The Labute approximate surface area is 134 Å². The first-order chi connectivity index (χ1) is 11.2. The first kappa shape index (κ1) is 15.3. The maximum absolute atomic E-state index is 5.95. The normalized spacial score (nSPS) is 15.3. The van der Waals surface area contributed by atoms with Crippen molar-refractivity contribution >= 4 is 23.1 Å². The van der Waals surface area contributed by atoms with Crippen molar-refractivity contribution in [3.05, 3.63) is 24.7 Å². The molecule has 0 unspecified atom stereocenters. The topological polar surface area (TPSA) is 124 Å². The van der Waals surface area contributed by atoms with Gasteiger partial charge in [-0.05, 0) is 31.8 Å². The quantitative estimate of drug-likeness (QED) is 0.648. The summed E-state index contributed by atoms with van der Waals surface area (Å²) in [5.41, 5.74) is 12.0. The molecule has 6 N–H and O–H groups in total. The zero-order valence-corrected chi connectivity index (χ0v) is 12.8. The van der Waals surface area contributed by atoms with Gasteiger partial charge in [-0.2, -0.15) is 0 Å². The molecule has 8 heteroatoms. The molecule has 3 heterocycles. The molecule has 23 heavy (non-hydrogen) atoms. The van der Waals surface area contributed by atoms with Crippen LogP contribution in [0.1, 0.15) is 12.8 Å². The molecule has 1 saturated heterocycles. The number of nitrogens with zero attached hydrogens (tertiary/aromatic N) is 3. The van der Waals surface area contributed by atoms with E-state index in [2.05, 4.69) is 25.6 Å². The van der Waals surface area contributed by atoms with Crippen molar-refractivity contribution in [1.82, 2.24) is 20.3 Å². The fraction of sp³-hybridized carbons (Fsp3) is 0.400. The Morgan fingerprint density at radius 2 is 1.87 bits per heavy atom. The van der Waals surface area contributed by atoms with E-state index in [0.717, 1.165) is 25.9 Å². The maximum Gasteiger partial charge on any atom is 0.150 e. The summed E-state index contributed by atoms with van der Waals surface area (Å²) in [6.45, 7) is 2.75. The molecule has 0 aromatic carbocycles. The summed E-state index contributed by atoms with van der Waals surface area (Å²) in [5, 5.41) is 6.39. The van der Waals surface area contributed by atoms with Crippen molar-refractivity contribution in [2.45, 2.75) is 12.8 Å². The number of nitrogens with two attached hydrogens (primary N) is 2. The second kappa shape index (κ2) is 7.10. The van der Waals surface area contributed by atoms with Gasteiger partial charge in [0.25, 0.3) is 0 Å². The van der Waals surface area contributed by atoms with E-state index in [4.69, 9.17) is 16.2 Å². The van der Waals surface area contributed by atoms with Crippen molar-refractivity contribution in [2.75, 3.05) is 36.5 Å². The third kappa shape index (κ3) is 4.19. The van der Waals surface area contributed by atoms with Gasteiger partial charge in [0.15, 0.2) is 0 Å². The second-order valence-electron chi connectivity index (χ2n) is 5.56. The molecule has 1 fully saturated rings. The number of nitrogens with one attached hydrogen (secondary N) is 2. The molecule has 0 atom stereocenters. The molecule has 0 radical (unpaired) electrons. The minimum Gasteiger partial charge on any atom is -0.491 e.